The number of benzene rings is 2. The van der Waals surface area contributed by atoms with Gasteiger partial charge in [0.25, 0.3) is 11.6 Å². The van der Waals surface area contributed by atoms with Crippen molar-refractivity contribution in [2.24, 2.45) is 0 Å². The van der Waals surface area contributed by atoms with Gasteiger partial charge in [0.1, 0.15) is 0 Å². The van der Waals surface area contributed by atoms with Gasteiger partial charge < -0.3 is 10.1 Å². The number of urea groups is 1. The smallest absolute Gasteiger partial charge is 0.340 e. The first-order valence-corrected chi connectivity index (χ1v) is 7.97. The SMILES string of the molecule is O=C(COC(=O)c1ccc([N+](=O)[O-])cc1Cl)NC(=O)NCc1ccccc1. The van der Waals surface area contributed by atoms with Crippen LogP contribution in [0.1, 0.15) is 15.9 Å². The first kappa shape index (κ1) is 19.9. The average Bonchev–Trinajstić information content (AvgIpc) is 2.65. The number of halogens is 1. The van der Waals surface area contributed by atoms with Crippen molar-refractivity contribution in [3.63, 3.8) is 0 Å². The second kappa shape index (κ2) is 9.30. The molecule has 0 aromatic heterocycles. The number of amides is 3. The van der Waals surface area contributed by atoms with Crippen molar-refractivity contribution in [2.75, 3.05) is 6.61 Å². The zero-order valence-electron chi connectivity index (χ0n) is 13.8. The zero-order valence-corrected chi connectivity index (χ0v) is 14.6. The number of nitrogens with zero attached hydrogens (tertiary/aromatic N) is 1. The van der Waals surface area contributed by atoms with Crippen LogP contribution in [0, 0.1) is 10.1 Å². The topological polar surface area (TPSA) is 128 Å². The van der Waals surface area contributed by atoms with Gasteiger partial charge in [-0.2, -0.15) is 0 Å². The third-order valence-electron chi connectivity index (χ3n) is 3.27. The standard InChI is InChI=1S/C17H14ClN3O6/c18-14-8-12(21(25)26)6-7-13(14)16(23)27-10-15(22)20-17(24)19-9-11-4-2-1-3-5-11/h1-8H,9-10H2,(H2,19,20,22,24). The molecule has 0 radical (unpaired) electrons. The summed E-state index contributed by atoms with van der Waals surface area (Å²) in [5, 5.41) is 14.9. The Morgan fingerprint density at radius 3 is 2.44 bits per heavy atom. The lowest BCUT2D eigenvalue weighted by Gasteiger charge is -2.08. The number of carbonyl (C=O) groups excluding carboxylic acids is 3. The third kappa shape index (κ3) is 6.08. The van der Waals surface area contributed by atoms with E-state index in [1.165, 1.54) is 0 Å². The molecule has 3 amide bonds. The summed E-state index contributed by atoms with van der Waals surface area (Å²) in [7, 11) is 0. The van der Waals surface area contributed by atoms with E-state index in [4.69, 9.17) is 16.3 Å². The van der Waals surface area contributed by atoms with Gasteiger partial charge in [-0.3, -0.25) is 20.2 Å². The summed E-state index contributed by atoms with van der Waals surface area (Å²) in [6.07, 6.45) is 0. The van der Waals surface area contributed by atoms with Crippen molar-refractivity contribution in [1.29, 1.82) is 0 Å². The summed E-state index contributed by atoms with van der Waals surface area (Å²) in [6.45, 7) is -0.497. The minimum absolute atomic E-state index is 0.136. The summed E-state index contributed by atoms with van der Waals surface area (Å²) in [5.74, 6) is -1.79. The molecule has 9 nitrogen and oxygen atoms in total. The van der Waals surface area contributed by atoms with Gasteiger partial charge in [-0.25, -0.2) is 9.59 Å². The Kier molecular flexibility index (Phi) is 6.84. The highest BCUT2D eigenvalue weighted by atomic mass is 35.5. The molecule has 0 heterocycles. The Balaban J connectivity index is 1.80. The van der Waals surface area contributed by atoms with Crippen LogP contribution in [0.3, 0.4) is 0 Å². The lowest BCUT2D eigenvalue weighted by Crippen LogP contribution is -2.41. The number of esters is 1. The highest BCUT2D eigenvalue weighted by Crippen LogP contribution is 2.23. The molecule has 2 N–H and O–H groups in total. The zero-order chi connectivity index (χ0) is 19.8. The predicted octanol–water partition coefficient (Wildman–Crippen LogP) is 2.43. The van der Waals surface area contributed by atoms with Gasteiger partial charge in [0.05, 0.1) is 15.5 Å². The molecule has 2 rings (SSSR count). The summed E-state index contributed by atoms with van der Waals surface area (Å²) in [6, 6.07) is 11.5. The van der Waals surface area contributed by atoms with Crippen molar-refractivity contribution >= 4 is 35.2 Å². The Morgan fingerprint density at radius 2 is 1.81 bits per heavy atom. The summed E-state index contributed by atoms with van der Waals surface area (Å²) in [4.78, 5) is 45.1. The molecule has 0 saturated carbocycles. The molecule has 10 heteroatoms. The molecule has 0 atom stereocenters. The van der Waals surface area contributed by atoms with Crippen LogP contribution in [-0.2, 0) is 16.1 Å². The van der Waals surface area contributed by atoms with Crippen molar-refractivity contribution in [3.8, 4) is 0 Å². The van der Waals surface area contributed by atoms with Crippen LogP contribution in [0.15, 0.2) is 48.5 Å². The molecule has 0 bridgehead atoms. The average molecular weight is 392 g/mol. The molecular weight excluding hydrogens is 378 g/mol. The monoisotopic (exact) mass is 391 g/mol. The minimum atomic E-state index is -0.949. The number of carbonyl (C=O) groups is 3. The lowest BCUT2D eigenvalue weighted by molar-refractivity contribution is -0.384. The lowest BCUT2D eigenvalue weighted by atomic mass is 10.2. The second-order valence-corrected chi connectivity index (χ2v) is 5.62. The molecule has 27 heavy (non-hydrogen) atoms. The van der Waals surface area contributed by atoms with Crippen LogP contribution in [0.5, 0.6) is 0 Å². The number of nitro benzene ring substituents is 1. The molecule has 140 valence electrons. The first-order valence-electron chi connectivity index (χ1n) is 7.59. The van der Waals surface area contributed by atoms with Gasteiger partial charge >= 0.3 is 12.0 Å². The van der Waals surface area contributed by atoms with Crippen LogP contribution in [-0.4, -0.2) is 29.4 Å². The number of imide groups is 1. The van der Waals surface area contributed by atoms with Crippen molar-refractivity contribution in [1.82, 2.24) is 10.6 Å². The Labute approximate surface area is 158 Å². The van der Waals surface area contributed by atoms with Crippen LogP contribution in [0.2, 0.25) is 5.02 Å². The van der Waals surface area contributed by atoms with E-state index in [0.29, 0.717) is 0 Å². The summed E-state index contributed by atoms with van der Waals surface area (Å²) >= 11 is 5.80. The predicted molar refractivity (Wildman–Crippen MR) is 95.2 cm³/mol. The number of non-ortho nitro benzene ring substituents is 1. The van der Waals surface area contributed by atoms with Gasteiger partial charge in [0.15, 0.2) is 6.61 Å². The molecule has 0 fully saturated rings. The number of rotatable bonds is 6. The van der Waals surface area contributed by atoms with Gasteiger partial charge in [-0.05, 0) is 11.6 Å². The van der Waals surface area contributed by atoms with E-state index in [0.717, 1.165) is 23.8 Å². The summed E-state index contributed by atoms with van der Waals surface area (Å²) in [5.41, 5.74) is 0.423. The molecule has 0 unspecified atom stereocenters. The number of hydrogen-bond acceptors (Lipinski definition) is 6. The van der Waals surface area contributed by atoms with E-state index in [1.807, 2.05) is 23.5 Å². The Morgan fingerprint density at radius 1 is 1.11 bits per heavy atom. The van der Waals surface area contributed by atoms with E-state index in [1.54, 1.807) is 12.1 Å². The van der Waals surface area contributed by atoms with Crippen LogP contribution in [0.25, 0.3) is 0 Å². The highest BCUT2D eigenvalue weighted by molar-refractivity contribution is 6.33. The van der Waals surface area contributed by atoms with E-state index in [9.17, 15) is 24.5 Å². The number of nitro groups is 1. The first-order chi connectivity index (χ1) is 12.9. The molecule has 0 aliphatic heterocycles. The van der Waals surface area contributed by atoms with Crippen LogP contribution < -0.4 is 10.6 Å². The van der Waals surface area contributed by atoms with Crippen LogP contribution in [0.4, 0.5) is 10.5 Å². The molecule has 0 saturated heterocycles. The van der Waals surface area contributed by atoms with E-state index in [-0.39, 0.29) is 22.8 Å². The fraction of sp³-hybridized carbons (Fsp3) is 0.118. The molecule has 2 aromatic rings. The molecule has 0 spiro atoms. The number of ether oxygens (including phenoxy) is 1. The number of nitrogens with one attached hydrogen (secondary N) is 2. The second-order valence-electron chi connectivity index (χ2n) is 5.21. The maximum absolute atomic E-state index is 11.9. The van der Waals surface area contributed by atoms with Gasteiger partial charge in [0.2, 0.25) is 0 Å². The van der Waals surface area contributed by atoms with Crippen molar-refractivity contribution < 1.29 is 24.0 Å². The fourth-order valence-electron chi connectivity index (χ4n) is 1.98. The Hall–Kier alpha value is -3.46. The van der Waals surface area contributed by atoms with E-state index < -0.39 is 29.4 Å². The van der Waals surface area contributed by atoms with Gasteiger partial charge in [0, 0.05) is 18.7 Å². The third-order valence-corrected chi connectivity index (χ3v) is 3.58. The van der Waals surface area contributed by atoms with Gasteiger partial charge in [-0.1, -0.05) is 41.9 Å². The van der Waals surface area contributed by atoms with E-state index >= 15 is 0 Å². The highest BCUT2D eigenvalue weighted by Gasteiger charge is 2.17. The maximum Gasteiger partial charge on any atom is 0.340 e. The quantitative estimate of drug-likeness (QED) is 0.442. The van der Waals surface area contributed by atoms with E-state index in [2.05, 4.69) is 5.32 Å². The normalized spacial score (nSPS) is 9.96. The largest absolute Gasteiger partial charge is 0.452 e. The van der Waals surface area contributed by atoms with Crippen molar-refractivity contribution in [2.45, 2.75) is 6.54 Å². The molecule has 0 aliphatic rings. The number of hydrogen-bond donors (Lipinski definition) is 2. The summed E-state index contributed by atoms with van der Waals surface area (Å²) < 4.78 is 4.75. The molecule has 2 aromatic carbocycles. The van der Waals surface area contributed by atoms with Crippen LogP contribution >= 0.6 is 11.6 Å². The van der Waals surface area contributed by atoms with Gasteiger partial charge in [-0.15, -0.1) is 0 Å². The van der Waals surface area contributed by atoms with Crippen molar-refractivity contribution in [3.05, 3.63) is 74.8 Å². The fourth-order valence-corrected chi connectivity index (χ4v) is 2.23. The Bertz CT molecular complexity index is 872. The molecular formula is C17H14ClN3O6. The minimum Gasteiger partial charge on any atom is -0.452 e. The maximum atomic E-state index is 11.9. The molecule has 0 aliphatic carbocycles.